The number of carbonyl (C=O) groups is 3. The number of amides is 4. The SMILES string of the molecule is CC1(CCc2ccccc2)NC(=O)N(NC(=O)CCc2ccc(C#N)cc2)C1=O. The summed E-state index contributed by atoms with van der Waals surface area (Å²) in [5.74, 6) is -0.893. The molecule has 2 N–H and O–H groups in total. The van der Waals surface area contributed by atoms with Crippen molar-refractivity contribution in [1.82, 2.24) is 15.8 Å². The van der Waals surface area contributed by atoms with Gasteiger partial charge in [-0.1, -0.05) is 42.5 Å². The van der Waals surface area contributed by atoms with Gasteiger partial charge in [0, 0.05) is 6.42 Å². The summed E-state index contributed by atoms with van der Waals surface area (Å²) in [6.45, 7) is 1.67. The van der Waals surface area contributed by atoms with Gasteiger partial charge in [-0.2, -0.15) is 10.3 Å². The van der Waals surface area contributed by atoms with E-state index in [1.807, 2.05) is 36.4 Å². The molecule has 1 aliphatic heterocycles. The van der Waals surface area contributed by atoms with Gasteiger partial charge in [0.2, 0.25) is 5.91 Å². The van der Waals surface area contributed by atoms with Gasteiger partial charge in [-0.25, -0.2) is 4.79 Å². The van der Waals surface area contributed by atoms with E-state index in [2.05, 4.69) is 10.7 Å². The Kier molecular flexibility index (Phi) is 5.93. The minimum absolute atomic E-state index is 0.115. The minimum Gasteiger partial charge on any atom is -0.322 e. The van der Waals surface area contributed by atoms with Crippen LogP contribution in [0.4, 0.5) is 4.79 Å². The maximum atomic E-state index is 12.7. The molecule has 1 unspecified atom stereocenters. The van der Waals surface area contributed by atoms with E-state index < -0.39 is 23.4 Å². The highest BCUT2D eigenvalue weighted by Gasteiger charge is 2.48. The van der Waals surface area contributed by atoms with Crippen LogP contribution in [0.2, 0.25) is 0 Å². The van der Waals surface area contributed by atoms with Gasteiger partial charge < -0.3 is 5.32 Å². The van der Waals surface area contributed by atoms with Crippen LogP contribution in [0.5, 0.6) is 0 Å². The van der Waals surface area contributed by atoms with Gasteiger partial charge >= 0.3 is 6.03 Å². The number of imide groups is 1. The third kappa shape index (κ3) is 4.79. The van der Waals surface area contributed by atoms with Crippen LogP contribution in [-0.4, -0.2) is 28.4 Å². The molecule has 2 aromatic carbocycles. The maximum Gasteiger partial charge on any atom is 0.344 e. The van der Waals surface area contributed by atoms with Crippen molar-refractivity contribution in [2.24, 2.45) is 0 Å². The van der Waals surface area contributed by atoms with Gasteiger partial charge in [-0.05, 0) is 49.4 Å². The fourth-order valence-electron chi connectivity index (χ4n) is 3.18. The zero-order chi connectivity index (χ0) is 20.9. The Morgan fingerprint density at radius 2 is 1.72 bits per heavy atom. The van der Waals surface area contributed by atoms with E-state index in [9.17, 15) is 14.4 Å². The van der Waals surface area contributed by atoms with Crippen LogP contribution < -0.4 is 10.7 Å². The molecule has 7 nitrogen and oxygen atoms in total. The average Bonchev–Trinajstić information content (AvgIpc) is 2.95. The van der Waals surface area contributed by atoms with Crippen molar-refractivity contribution in [2.45, 2.75) is 38.1 Å². The molecule has 0 aromatic heterocycles. The summed E-state index contributed by atoms with van der Waals surface area (Å²) in [5, 5.41) is 12.3. The van der Waals surface area contributed by atoms with E-state index >= 15 is 0 Å². The first-order valence-corrected chi connectivity index (χ1v) is 9.40. The molecule has 0 saturated carbocycles. The Hall–Kier alpha value is -3.66. The molecule has 0 radical (unpaired) electrons. The van der Waals surface area contributed by atoms with Gasteiger partial charge in [0.15, 0.2) is 0 Å². The van der Waals surface area contributed by atoms with Gasteiger partial charge in [0.05, 0.1) is 11.6 Å². The summed E-state index contributed by atoms with van der Waals surface area (Å²) in [7, 11) is 0. The van der Waals surface area contributed by atoms with Crippen molar-refractivity contribution in [1.29, 1.82) is 5.26 Å². The van der Waals surface area contributed by atoms with E-state index in [-0.39, 0.29) is 6.42 Å². The molecule has 29 heavy (non-hydrogen) atoms. The highest BCUT2D eigenvalue weighted by Crippen LogP contribution is 2.22. The van der Waals surface area contributed by atoms with Crippen LogP contribution in [0.15, 0.2) is 54.6 Å². The number of nitrogens with zero attached hydrogens (tertiary/aromatic N) is 2. The van der Waals surface area contributed by atoms with Crippen molar-refractivity contribution in [3.63, 3.8) is 0 Å². The summed E-state index contributed by atoms with van der Waals surface area (Å²) < 4.78 is 0. The van der Waals surface area contributed by atoms with Gasteiger partial charge in [0.25, 0.3) is 5.91 Å². The highest BCUT2D eigenvalue weighted by atomic mass is 16.2. The molecule has 1 heterocycles. The second-order valence-electron chi connectivity index (χ2n) is 7.23. The molecule has 1 aliphatic rings. The smallest absolute Gasteiger partial charge is 0.322 e. The fraction of sp³-hybridized carbons (Fsp3) is 0.273. The summed E-state index contributed by atoms with van der Waals surface area (Å²) in [6.07, 6.45) is 1.61. The normalized spacial score (nSPS) is 18.3. The minimum atomic E-state index is -1.06. The lowest BCUT2D eigenvalue weighted by atomic mass is 9.93. The van der Waals surface area contributed by atoms with Crippen LogP contribution in [0.1, 0.15) is 36.5 Å². The van der Waals surface area contributed by atoms with Crippen LogP contribution in [0.25, 0.3) is 0 Å². The predicted molar refractivity (Wildman–Crippen MR) is 106 cm³/mol. The molecule has 0 bridgehead atoms. The number of hydrazine groups is 1. The van der Waals surface area contributed by atoms with Gasteiger partial charge in [-0.15, -0.1) is 0 Å². The first-order valence-electron chi connectivity index (χ1n) is 9.40. The summed E-state index contributed by atoms with van der Waals surface area (Å²) in [6, 6.07) is 18.0. The average molecular weight is 390 g/mol. The molecule has 1 atom stereocenters. The van der Waals surface area contributed by atoms with Crippen molar-refractivity contribution in [3.8, 4) is 6.07 Å². The zero-order valence-electron chi connectivity index (χ0n) is 16.1. The molecule has 148 valence electrons. The van der Waals surface area contributed by atoms with E-state index in [0.717, 1.165) is 16.1 Å². The van der Waals surface area contributed by atoms with Gasteiger partial charge in [-0.3, -0.25) is 15.0 Å². The number of rotatable bonds is 7. The molecular weight excluding hydrogens is 368 g/mol. The molecule has 1 saturated heterocycles. The predicted octanol–water partition coefficient (Wildman–Crippen LogP) is 2.47. The number of urea groups is 1. The number of hydrogen-bond acceptors (Lipinski definition) is 4. The number of aryl methyl sites for hydroxylation is 2. The van der Waals surface area contributed by atoms with Crippen LogP contribution in [0, 0.1) is 11.3 Å². The zero-order valence-corrected chi connectivity index (χ0v) is 16.1. The first-order chi connectivity index (χ1) is 13.9. The van der Waals surface area contributed by atoms with Crippen molar-refractivity contribution < 1.29 is 14.4 Å². The highest BCUT2D eigenvalue weighted by molar-refractivity contribution is 6.07. The van der Waals surface area contributed by atoms with Crippen LogP contribution in [0.3, 0.4) is 0 Å². The quantitative estimate of drug-likeness (QED) is 0.709. The van der Waals surface area contributed by atoms with Crippen LogP contribution in [-0.2, 0) is 22.4 Å². The monoisotopic (exact) mass is 390 g/mol. The Bertz CT molecular complexity index is 950. The standard InChI is InChI=1S/C22H22N4O3/c1-22(14-13-16-5-3-2-4-6-16)20(28)26(21(29)24-22)25-19(27)12-11-17-7-9-18(15-23)10-8-17/h2-10H,11-14H2,1H3,(H,24,29)(H,25,27). The lowest BCUT2D eigenvalue weighted by Gasteiger charge is -2.21. The summed E-state index contributed by atoms with van der Waals surface area (Å²) in [5.41, 5.74) is 3.85. The molecule has 1 fully saturated rings. The molecular formula is C22H22N4O3. The Morgan fingerprint density at radius 3 is 2.38 bits per heavy atom. The number of hydrogen-bond donors (Lipinski definition) is 2. The van der Waals surface area contributed by atoms with Crippen molar-refractivity contribution in [2.75, 3.05) is 0 Å². The lowest BCUT2D eigenvalue weighted by Crippen LogP contribution is -2.49. The third-order valence-corrected chi connectivity index (χ3v) is 4.98. The summed E-state index contributed by atoms with van der Waals surface area (Å²) in [4.78, 5) is 37.2. The number of carbonyl (C=O) groups excluding carboxylic acids is 3. The number of nitrogens with one attached hydrogen (secondary N) is 2. The Balaban J connectivity index is 1.54. The largest absolute Gasteiger partial charge is 0.344 e. The number of nitriles is 1. The second-order valence-corrected chi connectivity index (χ2v) is 7.23. The van der Waals surface area contributed by atoms with Crippen molar-refractivity contribution >= 4 is 17.8 Å². The second kappa shape index (κ2) is 8.57. The number of benzene rings is 2. The van der Waals surface area contributed by atoms with E-state index in [0.29, 0.717) is 24.8 Å². The van der Waals surface area contributed by atoms with Crippen LogP contribution >= 0.6 is 0 Å². The molecule has 3 rings (SSSR count). The third-order valence-electron chi connectivity index (χ3n) is 4.98. The Morgan fingerprint density at radius 1 is 1.07 bits per heavy atom. The molecule has 2 aromatic rings. The first kappa shape index (κ1) is 20.1. The molecule has 7 heteroatoms. The van der Waals surface area contributed by atoms with E-state index in [1.165, 1.54) is 0 Å². The van der Waals surface area contributed by atoms with E-state index in [4.69, 9.17) is 5.26 Å². The fourth-order valence-corrected chi connectivity index (χ4v) is 3.18. The Labute approximate surface area is 169 Å². The molecule has 0 aliphatic carbocycles. The topological polar surface area (TPSA) is 102 Å². The molecule has 4 amide bonds. The van der Waals surface area contributed by atoms with Gasteiger partial charge in [0.1, 0.15) is 5.54 Å². The van der Waals surface area contributed by atoms with E-state index in [1.54, 1.807) is 31.2 Å². The maximum absolute atomic E-state index is 12.7. The molecule has 0 spiro atoms. The summed E-state index contributed by atoms with van der Waals surface area (Å²) >= 11 is 0. The van der Waals surface area contributed by atoms with Crippen molar-refractivity contribution in [3.05, 3.63) is 71.3 Å². The lowest BCUT2D eigenvalue weighted by molar-refractivity contribution is -0.138.